The molecule has 1 aromatic carbocycles. The molecule has 0 radical (unpaired) electrons. The average molecular weight is 344 g/mol. The number of amides is 1. The first-order chi connectivity index (χ1) is 11.6. The predicted molar refractivity (Wildman–Crippen MR) is 95.9 cm³/mol. The van der Waals surface area contributed by atoms with Crippen LogP contribution in [0, 0.1) is 12.8 Å². The zero-order valence-corrected chi connectivity index (χ0v) is 15.1. The quantitative estimate of drug-likeness (QED) is 0.783. The molecule has 0 saturated carbocycles. The Bertz CT molecular complexity index is 678. The molecule has 1 amide bonds. The van der Waals surface area contributed by atoms with Crippen LogP contribution in [0.5, 0.6) is 0 Å². The molecule has 0 atom stereocenters. The summed E-state index contributed by atoms with van der Waals surface area (Å²) in [5, 5.41) is 8.93. The standard InChI is InChI=1S/C18H24N4OS/c1-14-19-20-18(21(14)2)24-13-17(23)22-10-8-16(9-11-22)12-15-6-4-3-5-7-15/h3-7,16H,8-13H2,1-2H3. The van der Waals surface area contributed by atoms with Crippen molar-refractivity contribution in [3.05, 3.63) is 41.7 Å². The van der Waals surface area contributed by atoms with Crippen molar-refractivity contribution in [1.29, 1.82) is 0 Å². The van der Waals surface area contributed by atoms with Crippen molar-refractivity contribution in [2.45, 2.75) is 31.3 Å². The molecule has 1 aliphatic rings. The van der Waals surface area contributed by atoms with Gasteiger partial charge >= 0.3 is 0 Å². The molecule has 0 aliphatic carbocycles. The maximum atomic E-state index is 12.4. The molecule has 1 fully saturated rings. The van der Waals surface area contributed by atoms with Crippen molar-refractivity contribution < 1.29 is 4.79 Å². The molecule has 24 heavy (non-hydrogen) atoms. The van der Waals surface area contributed by atoms with Crippen molar-refractivity contribution in [2.24, 2.45) is 13.0 Å². The fourth-order valence-electron chi connectivity index (χ4n) is 3.06. The molecular formula is C18H24N4OS. The zero-order valence-electron chi connectivity index (χ0n) is 14.3. The number of hydrogen-bond donors (Lipinski definition) is 0. The van der Waals surface area contributed by atoms with E-state index in [9.17, 15) is 4.79 Å². The number of benzene rings is 1. The van der Waals surface area contributed by atoms with Gasteiger partial charge in [0.2, 0.25) is 5.91 Å². The zero-order chi connectivity index (χ0) is 16.9. The summed E-state index contributed by atoms with van der Waals surface area (Å²) < 4.78 is 1.92. The van der Waals surface area contributed by atoms with E-state index in [0.717, 1.165) is 43.3 Å². The highest BCUT2D eigenvalue weighted by atomic mass is 32.2. The molecule has 6 heteroatoms. The van der Waals surface area contributed by atoms with E-state index in [0.29, 0.717) is 11.7 Å². The van der Waals surface area contributed by atoms with Gasteiger partial charge in [-0.2, -0.15) is 0 Å². The summed E-state index contributed by atoms with van der Waals surface area (Å²) in [6.45, 7) is 3.65. The van der Waals surface area contributed by atoms with Gasteiger partial charge in [-0.25, -0.2) is 0 Å². The predicted octanol–water partition coefficient (Wildman–Crippen LogP) is 2.70. The second-order valence-corrected chi connectivity index (χ2v) is 7.33. The van der Waals surface area contributed by atoms with Gasteiger partial charge in [0, 0.05) is 20.1 Å². The third-order valence-electron chi connectivity index (χ3n) is 4.71. The number of hydrogen-bond acceptors (Lipinski definition) is 4. The fraction of sp³-hybridized carbons (Fsp3) is 0.500. The lowest BCUT2D eigenvalue weighted by atomic mass is 9.90. The molecular weight excluding hydrogens is 320 g/mol. The number of piperidine rings is 1. The monoisotopic (exact) mass is 344 g/mol. The van der Waals surface area contributed by atoms with E-state index in [4.69, 9.17) is 0 Å². The number of nitrogens with zero attached hydrogens (tertiary/aromatic N) is 4. The molecule has 1 aliphatic heterocycles. The second kappa shape index (κ2) is 7.83. The van der Waals surface area contributed by atoms with Crippen LogP contribution in [0.15, 0.2) is 35.5 Å². The van der Waals surface area contributed by atoms with Crippen LogP contribution in [-0.2, 0) is 18.3 Å². The van der Waals surface area contributed by atoms with Crippen molar-refractivity contribution in [2.75, 3.05) is 18.8 Å². The number of likely N-dealkylation sites (tertiary alicyclic amines) is 1. The summed E-state index contributed by atoms with van der Waals surface area (Å²) in [5.74, 6) is 2.20. The molecule has 1 aromatic heterocycles. The summed E-state index contributed by atoms with van der Waals surface area (Å²) in [7, 11) is 1.93. The molecule has 0 N–H and O–H groups in total. The molecule has 2 aromatic rings. The third-order valence-corrected chi connectivity index (χ3v) is 5.72. The van der Waals surface area contributed by atoms with Crippen LogP contribution in [-0.4, -0.2) is 44.4 Å². The van der Waals surface area contributed by atoms with Gasteiger partial charge < -0.3 is 9.47 Å². The smallest absolute Gasteiger partial charge is 0.233 e. The highest BCUT2D eigenvalue weighted by molar-refractivity contribution is 7.99. The van der Waals surface area contributed by atoms with E-state index >= 15 is 0 Å². The average Bonchev–Trinajstić information content (AvgIpc) is 2.93. The summed E-state index contributed by atoms with van der Waals surface area (Å²) >= 11 is 1.47. The number of rotatable bonds is 5. The maximum Gasteiger partial charge on any atom is 0.233 e. The second-order valence-electron chi connectivity index (χ2n) is 6.39. The lowest BCUT2D eigenvalue weighted by molar-refractivity contribution is -0.129. The van der Waals surface area contributed by atoms with Crippen LogP contribution in [0.1, 0.15) is 24.2 Å². The van der Waals surface area contributed by atoms with Crippen molar-refractivity contribution >= 4 is 17.7 Å². The first-order valence-corrected chi connectivity index (χ1v) is 9.42. The van der Waals surface area contributed by atoms with Crippen LogP contribution in [0.2, 0.25) is 0 Å². The normalized spacial score (nSPS) is 15.7. The van der Waals surface area contributed by atoms with E-state index in [1.54, 1.807) is 0 Å². The van der Waals surface area contributed by atoms with Crippen LogP contribution in [0.25, 0.3) is 0 Å². The molecule has 0 bridgehead atoms. The first kappa shape index (κ1) is 17.0. The number of thioether (sulfide) groups is 1. The van der Waals surface area contributed by atoms with Gasteiger partial charge in [0.15, 0.2) is 5.16 Å². The van der Waals surface area contributed by atoms with Crippen LogP contribution >= 0.6 is 11.8 Å². The van der Waals surface area contributed by atoms with E-state index < -0.39 is 0 Å². The van der Waals surface area contributed by atoms with Gasteiger partial charge in [-0.05, 0) is 37.7 Å². The number of aromatic nitrogens is 3. The van der Waals surface area contributed by atoms with Gasteiger partial charge in [0.25, 0.3) is 0 Å². The van der Waals surface area contributed by atoms with Crippen molar-refractivity contribution in [1.82, 2.24) is 19.7 Å². The van der Waals surface area contributed by atoms with Gasteiger partial charge in [0.05, 0.1) is 5.75 Å². The highest BCUT2D eigenvalue weighted by Gasteiger charge is 2.23. The molecule has 3 rings (SSSR count). The van der Waals surface area contributed by atoms with E-state index in [1.807, 2.05) is 23.4 Å². The van der Waals surface area contributed by atoms with Crippen LogP contribution < -0.4 is 0 Å². The minimum atomic E-state index is 0.207. The Labute approximate surface area is 147 Å². The number of aryl methyl sites for hydroxylation is 1. The molecule has 128 valence electrons. The number of carbonyl (C=O) groups is 1. The van der Waals surface area contributed by atoms with Crippen molar-refractivity contribution in [3.8, 4) is 0 Å². The summed E-state index contributed by atoms with van der Waals surface area (Å²) in [6, 6.07) is 10.6. The first-order valence-electron chi connectivity index (χ1n) is 8.44. The lowest BCUT2D eigenvalue weighted by Gasteiger charge is -2.32. The Kier molecular flexibility index (Phi) is 5.56. The molecule has 2 heterocycles. The summed E-state index contributed by atoms with van der Waals surface area (Å²) in [6.07, 6.45) is 3.30. The number of carbonyl (C=O) groups excluding carboxylic acids is 1. The molecule has 5 nitrogen and oxygen atoms in total. The minimum absolute atomic E-state index is 0.207. The van der Waals surface area contributed by atoms with Gasteiger partial charge in [0.1, 0.15) is 5.82 Å². The third kappa shape index (κ3) is 4.17. The van der Waals surface area contributed by atoms with E-state index in [-0.39, 0.29) is 5.91 Å². The Balaban J connectivity index is 1.44. The molecule has 0 spiro atoms. The van der Waals surface area contributed by atoms with Crippen LogP contribution in [0.4, 0.5) is 0 Å². The maximum absolute atomic E-state index is 12.4. The largest absolute Gasteiger partial charge is 0.342 e. The lowest BCUT2D eigenvalue weighted by Crippen LogP contribution is -2.39. The Hall–Kier alpha value is -1.82. The fourth-order valence-corrected chi connectivity index (χ4v) is 3.92. The SMILES string of the molecule is Cc1nnc(SCC(=O)N2CCC(Cc3ccccc3)CC2)n1C. The Morgan fingerprint density at radius 1 is 1.21 bits per heavy atom. The van der Waals surface area contributed by atoms with E-state index in [1.165, 1.54) is 17.3 Å². The van der Waals surface area contributed by atoms with Crippen LogP contribution in [0.3, 0.4) is 0 Å². The minimum Gasteiger partial charge on any atom is -0.342 e. The Morgan fingerprint density at radius 3 is 2.54 bits per heavy atom. The molecule has 1 saturated heterocycles. The summed E-state index contributed by atoms with van der Waals surface area (Å²) in [5.41, 5.74) is 1.40. The van der Waals surface area contributed by atoms with E-state index in [2.05, 4.69) is 40.5 Å². The summed E-state index contributed by atoms with van der Waals surface area (Å²) in [4.78, 5) is 14.4. The molecule has 0 unspecified atom stereocenters. The van der Waals surface area contributed by atoms with Crippen molar-refractivity contribution in [3.63, 3.8) is 0 Å². The topological polar surface area (TPSA) is 51.0 Å². The van der Waals surface area contributed by atoms with Gasteiger partial charge in [-0.1, -0.05) is 42.1 Å². The van der Waals surface area contributed by atoms with Gasteiger partial charge in [-0.15, -0.1) is 10.2 Å². The van der Waals surface area contributed by atoms with Gasteiger partial charge in [-0.3, -0.25) is 4.79 Å². The Morgan fingerprint density at radius 2 is 1.92 bits per heavy atom. The highest BCUT2D eigenvalue weighted by Crippen LogP contribution is 2.23.